The number of benzene rings is 1. The average Bonchev–Trinajstić information content (AvgIpc) is 2.39. The predicted octanol–water partition coefficient (Wildman–Crippen LogP) is 2.68. The molecule has 100 valence electrons. The van der Waals surface area contributed by atoms with Crippen LogP contribution in [0.4, 0.5) is 11.6 Å². The fourth-order valence-corrected chi connectivity index (χ4v) is 1.60. The van der Waals surface area contributed by atoms with Crippen molar-refractivity contribution in [1.82, 2.24) is 15.0 Å². The fraction of sp³-hybridized carbons (Fsp3) is 0.250. The van der Waals surface area contributed by atoms with Crippen molar-refractivity contribution in [2.45, 2.75) is 6.92 Å². The molecule has 2 rings (SSSR count). The minimum Gasteiger partial charge on any atom is -0.495 e. The maximum absolute atomic E-state index is 5.81. The Hall–Kier alpha value is -2.08. The molecular formula is C12H13ClN4O2. The number of nitrogens with zero attached hydrogens (tertiary/aromatic N) is 3. The van der Waals surface area contributed by atoms with Crippen molar-refractivity contribution in [3.05, 3.63) is 29.5 Å². The Morgan fingerprint density at radius 3 is 2.74 bits per heavy atom. The maximum Gasteiger partial charge on any atom is 0.322 e. The van der Waals surface area contributed by atoms with Crippen LogP contribution in [0.3, 0.4) is 0 Å². The number of halogens is 1. The first kappa shape index (κ1) is 13.4. The van der Waals surface area contributed by atoms with Crippen molar-refractivity contribution in [2.24, 2.45) is 0 Å². The summed E-state index contributed by atoms with van der Waals surface area (Å²) in [5.41, 5.74) is 0.731. The van der Waals surface area contributed by atoms with Gasteiger partial charge in [-0.05, 0) is 30.7 Å². The van der Waals surface area contributed by atoms with Crippen molar-refractivity contribution in [2.75, 3.05) is 19.0 Å². The van der Waals surface area contributed by atoms with Crippen LogP contribution in [0.25, 0.3) is 0 Å². The summed E-state index contributed by atoms with van der Waals surface area (Å²) in [7, 11) is 1.59. The minimum absolute atomic E-state index is 0.0656. The van der Waals surface area contributed by atoms with E-state index in [1.165, 1.54) is 0 Å². The maximum atomic E-state index is 5.81. The molecule has 2 aromatic rings. The quantitative estimate of drug-likeness (QED) is 0.908. The second-order valence-electron chi connectivity index (χ2n) is 3.47. The molecule has 0 spiro atoms. The molecule has 0 unspecified atom stereocenters. The van der Waals surface area contributed by atoms with Gasteiger partial charge in [-0.3, -0.25) is 0 Å². The van der Waals surface area contributed by atoms with Crippen LogP contribution in [0.1, 0.15) is 6.92 Å². The Morgan fingerprint density at radius 1 is 1.21 bits per heavy atom. The number of hydrogen-bond acceptors (Lipinski definition) is 6. The number of anilines is 2. The summed E-state index contributed by atoms with van der Waals surface area (Å²) in [6.07, 6.45) is 0. The van der Waals surface area contributed by atoms with Crippen LogP contribution in [0, 0.1) is 0 Å². The number of rotatable bonds is 5. The molecule has 7 heteroatoms. The summed E-state index contributed by atoms with van der Waals surface area (Å²) < 4.78 is 10.4. The summed E-state index contributed by atoms with van der Waals surface area (Å²) in [6, 6.07) is 7.60. The van der Waals surface area contributed by atoms with Gasteiger partial charge in [0.25, 0.3) is 0 Å². The smallest absolute Gasteiger partial charge is 0.322 e. The highest BCUT2D eigenvalue weighted by atomic mass is 35.5. The standard InChI is InChI=1S/C12H13ClN4O2/c1-3-19-12-16-10(13)15-11(17-12)14-8-6-4-5-7-9(8)18-2/h4-7H,3H2,1-2H3,(H,14,15,16,17). The van der Waals surface area contributed by atoms with Crippen LogP contribution in [0.5, 0.6) is 11.8 Å². The predicted molar refractivity (Wildman–Crippen MR) is 72.3 cm³/mol. The van der Waals surface area contributed by atoms with E-state index >= 15 is 0 Å². The highest BCUT2D eigenvalue weighted by Crippen LogP contribution is 2.26. The van der Waals surface area contributed by atoms with Crippen LogP contribution in [-0.4, -0.2) is 28.7 Å². The molecule has 19 heavy (non-hydrogen) atoms. The molecule has 1 aromatic heterocycles. The number of hydrogen-bond donors (Lipinski definition) is 1. The van der Waals surface area contributed by atoms with Gasteiger partial charge in [0.2, 0.25) is 11.2 Å². The summed E-state index contributed by atoms with van der Waals surface area (Å²) in [4.78, 5) is 11.9. The third-order valence-electron chi connectivity index (χ3n) is 2.21. The molecule has 0 aliphatic heterocycles. The zero-order valence-corrected chi connectivity index (χ0v) is 11.3. The molecule has 1 aromatic carbocycles. The molecule has 6 nitrogen and oxygen atoms in total. The van der Waals surface area contributed by atoms with Gasteiger partial charge in [0.15, 0.2) is 0 Å². The van der Waals surface area contributed by atoms with Crippen molar-refractivity contribution < 1.29 is 9.47 Å². The van der Waals surface area contributed by atoms with Crippen molar-refractivity contribution >= 4 is 23.2 Å². The van der Waals surface area contributed by atoms with Gasteiger partial charge < -0.3 is 14.8 Å². The zero-order valence-electron chi connectivity index (χ0n) is 10.6. The highest BCUT2D eigenvalue weighted by Gasteiger charge is 2.08. The highest BCUT2D eigenvalue weighted by molar-refractivity contribution is 6.28. The van der Waals surface area contributed by atoms with E-state index in [1.807, 2.05) is 31.2 Å². The largest absolute Gasteiger partial charge is 0.495 e. The summed E-state index contributed by atoms with van der Waals surface area (Å²) >= 11 is 5.81. The lowest BCUT2D eigenvalue weighted by Gasteiger charge is -2.10. The van der Waals surface area contributed by atoms with Crippen molar-refractivity contribution in [1.29, 1.82) is 0 Å². The molecule has 0 fully saturated rings. The van der Waals surface area contributed by atoms with Crippen LogP contribution >= 0.6 is 11.6 Å². The number of nitrogens with one attached hydrogen (secondary N) is 1. The van der Waals surface area contributed by atoms with Crippen molar-refractivity contribution in [3.8, 4) is 11.8 Å². The zero-order chi connectivity index (χ0) is 13.7. The molecule has 1 heterocycles. The monoisotopic (exact) mass is 280 g/mol. The van der Waals surface area contributed by atoms with Gasteiger partial charge in [-0.1, -0.05) is 12.1 Å². The number of aromatic nitrogens is 3. The van der Waals surface area contributed by atoms with Crippen LogP contribution in [-0.2, 0) is 0 Å². The van der Waals surface area contributed by atoms with E-state index < -0.39 is 0 Å². The Kier molecular flexibility index (Phi) is 4.35. The first-order valence-corrected chi connectivity index (χ1v) is 6.05. The lowest BCUT2D eigenvalue weighted by Crippen LogP contribution is -2.04. The summed E-state index contributed by atoms with van der Waals surface area (Å²) in [6.45, 7) is 2.29. The van der Waals surface area contributed by atoms with E-state index in [2.05, 4.69) is 20.3 Å². The number of methoxy groups -OCH3 is 1. The topological polar surface area (TPSA) is 69.2 Å². The second-order valence-corrected chi connectivity index (χ2v) is 3.81. The Bertz CT molecular complexity index is 565. The van der Waals surface area contributed by atoms with Gasteiger partial charge in [0.1, 0.15) is 5.75 Å². The van der Waals surface area contributed by atoms with Crippen LogP contribution < -0.4 is 14.8 Å². The minimum atomic E-state index is 0.0656. The van der Waals surface area contributed by atoms with E-state index in [1.54, 1.807) is 7.11 Å². The third-order valence-corrected chi connectivity index (χ3v) is 2.38. The summed E-state index contributed by atoms with van der Waals surface area (Å²) in [5.74, 6) is 0.977. The average molecular weight is 281 g/mol. The fourth-order valence-electron chi connectivity index (χ4n) is 1.45. The molecule has 1 N–H and O–H groups in total. The number of para-hydroxylation sites is 2. The van der Waals surface area contributed by atoms with Crippen molar-refractivity contribution in [3.63, 3.8) is 0 Å². The van der Waals surface area contributed by atoms with E-state index in [0.717, 1.165) is 5.69 Å². The van der Waals surface area contributed by atoms with E-state index in [9.17, 15) is 0 Å². The third kappa shape index (κ3) is 3.45. The Balaban J connectivity index is 2.27. The molecule has 0 amide bonds. The van der Waals surface area contributed by atoms with Gasteiger partial charge in [0, 0.05) is 0 Å². The number of ether oxygens (including phenoxy) is 2. The van der Waals surface area contributed by atoms with Gasteiger partial charge in [-0.15, -0.1) is 0 Å². The van der Waals surface area contributed by atoms with E-state index in [-0.39, 0.29) is 11.3 Å². The molecular weight excluding hydrogens is 268 g/mol. The normalized spacial score (nSPS) is 10.1. The molecule has 0 saturated carbocycles. The van der Waals surface area contributed by atoms with Gasteiger partial charge in [-0.2, -0.15) is 15.0 Å². The van der Waals surface area contributed by atoms with E-state index in [4.69, 9.17) is 21.1 Å². The molecule has 0 aliphatic rings. The van der Waals surface area contributed by atoms with E-state index in [0.29, 0.717) is 18.3 Å². The first-order chi connectivity index (χ1) is 9.22. The lowest BCUT2D eigenvalue weighted by molar-refractivity contribution is 0.312. The SMILES string of the molecule is CCOc1nc(Cl)nc(Nc2ccccc2OC)n1. The molecule has 0 atom stereocenters. The Morgan fingerprint density at radius 2 is 2.00 bits per heavy atom. The molecule has 0 saturated heterocycles. The molecule has 0 bridgehead atoms. The van der Waals surface area contributed by atoms with Gasteiger partial charge >= 0.3 is 6.01 Å². The molecule has 0 radical (unpaired) electrons. The van der Waals surface area contributed by atoms with Crippen LogP contribution in [0.2, 0.25) is 5.28 Å². The van der Waals surface area contributed by atoms with Gasteiger partial charge in [-0.25, -0.2) is 0 Å². The first-order valence-electron chi connectivity index (χ1n) is 5.67. The van der Waals surface area contributed by atoms with Gasteiger partial charge in [0.05, 0.1) is 19.4 Å². The second kappa shape index (κ2) is 6.19. The summed E-state index contributed by atoms with van der Waals surface area (Å²) in [5, 5.41) is 3.08. The van der Waals surface area contributed by atoms with Crippen LogP contribution in [0.15, 0.2) is 24.3 Å². The Labute approximate surface area is 115 Å². The molecule has 0 aliphatic carbocycles. The lowest BCUT2D eigenvalue weighted by atomic mass is 10.3.